The molecule has 1 atom stereocenters. The molecule has 1 heterocycles. The summed E-state index contributed by atoms with van der Waals surface area (Å²) in [5.41, 5.74) is 0. The summed E-state index contributed by atoms with van der Waals surface area (Å²) < 4.78 is 35.6. The summed E-state index contributed by atoms with van der Waals surface area (Å²) in [7, 11) is 0. The lowest BCUT2D eigenvalue weighted by molar-refractivity contribution is -0.154. The third-order valence-electron chi connectivity index (χ3n) is 2.27. The highest BCUT2D eigenvalue weighted by atomic mass is 19.4. The molecule has 1 unspecified atom stereocenters. The van der Waals surface area contributed by atoms with E-state index in [0.29, 0.717) is 6.54 Å². The van der Waals surface area contributed by atoms with E-state index in [2.05, 4.69) is 10.6 Å². The molecule has 88 valence electrons. The Bertz CT molecular complexity index is 210. The summed E-state index contributed by atoms with van der Waals surface area (Å²) in [6.45, 7) is 1.43. The first kappa shape index (κ1) is 12.3. The normalized spacial score (nSPS) is 23.3. The van der Waals surface area contributed by atoms with Crippen molar-refractivity contribution in [1.82, 2.24) is 10.6 Å². The number of carbonyl (C=O) groups is 1. The lowest BCUT2D eigenvalue weighted by Crippen LogP contribution is -2.42. The molecular formula is C9H15F3N2O. The van der Waals surface area contributed by atoms with Crippen molar-refractivity contribution in [3.8, 4) is 0 Å². The maximum absolute atomic E-state index is 11.9. The van der Waals surface area contributed by atoms with Crippen LogP contribution in [0.4, 0.5) is 13.2 Å². The van der Waals surface area contributed by atoms with Gasteiger partial charge in [-0.1, -0.05) is 6.42 Å². The zero-order chi connectivity index (χ0) is 11.3. The quantitative estimate of drug-likeness (QED) is 0.740. The minimum Gasteiger partial charge on any atom is -0.352 e. The molecule has 15 heavy (non-hydrogen) atoms. The molecule has 0 aromatic rings. The van der Waals surface area contributed by atoms with E-state index in [1.54, 1.807) is 0 Å². The molecule has 1 aliphatic heterocycles. The van der Waals surface area contributed by atoms with Gasteiger partial charge in [0.15, 0.2) is 0 Å². The van der Waals surface area contributed by atoms with Crippen LogP contribution < -0.4 is 10.6 Å². The molecule has 6 heteroatoms. The van der Waals surface area contributed by atoms with Crippen molar-refractivity contribution in [2.24, 2.45) is 0 Å². The Kier molecular flexibility index (Phi) is 4.38. The fourth-order valence-corrected chi connectivity index (χ4v) is 1.60. The van der Waals surface area contributed by atoms with Crippen LogP contribution in [0.2, 0.25) is 0 Å². The summed E-state index contributed by atoms with van der Waals surface area (Å²) in [5, 5.41) is 5.46. The summed E-state index contributed by atoms with van der Waals surface area (Å²) in [4.78, 5) is 11.0. The third-order valence-corrected chi connectivity index (χ3v) is 2.27. The van der Waals surface area contributed by atoms with Gasteiger partial charge in [-0.15, -0.1) is 0 Å². The van der Waals surface area contributed by atoms with Gasteiger partial charge in [-0.3, -0.25) is 4.79 Å². The molecule has 0 saturated carbocycles. The average molecular weight is 224 g/mol. The molecule has 0 radical (unpaired) electrons. The van der Waals surface area contributed by atoms with Gasteiger partial charge in [0.25, 0.3) is 0 Å². The van der Waals surface area contributed by atoms with Gasteiger partial charge in [0, 0.05) is 12.6 Å². The van der Waals surface area contributed by atoms with Gasteiger partial charge < -0.3 is 10.6 Å². The first-order chi connectivity index (χ1) is 6.97. The van der Waals surface area contributed by atoms with Crippen LogP contribution in [0.15, 0.2) is 0 Å². The van der Waals surface area contributed by atoms with Crippen LogP contribution in [0.25, 0.3) is 0 Å². The molecule has 1 rings (SSSR count). The van der Waals surface area contributed by atoms with Crippen molar-refractivity contribution in [3.63, 3.8) is 0 Å². The molecule has 3 nitrogen and oxygen atoms in total. The minimum absolute atomic E-state index is 0.164. The van der Waals surface area contributed by atoms with Gasteiger partial charge in [0.2, 0.25) is 5.91 Å². The Balaban J connectivity index is 2.30. The van der Waals surface area contributed by atoms with Crippen LogP contribution in [0.3, 0.4) is 0 Å². The molecule has 1 fully saturated rings. The van der Waals surface area contributed by atoms with Crippen LogP contribution >= 0.6 is 0 Å². The Morgan fingerprint density at radius 3 is 2.80 bits per heavy atom. The van der Waals surface area contributed by atoms with E-state index in [1.165, 1.54) is 0 Å². The summed E-state index contributed by atoms with van der Waals surface area (Å²) in [6, 6.07) is -0.164. The fraction of sp³-hybridized carbons (Fsp3) is 0.889. The number of rotatable bonds is 2. The van der Waals surface area contributed by atoms with Crippen molar-refractivity contribution < 1.29 is 18.0 Å². The first-order valence-electron chi connectivity index (χ1n) is 5.04. The smallest absolute Gasteiger partial charge is 0.352 e. The van der Waals surface area contributed by atoms with E-state index in [-0.39, 0.29) is 6.04 Å². The van der Waals surface area contributed by atoms with Gasteiger partial charge in [-0.2, -0.15) is 13.2 Å². The van der Waals surface area contributed by atoms with Crippen LogP contribution in [-0.4, -0.2) is 31.2 Å². The van der Waals surface area contributed by atoms with E-state index in [4.69, 9.17) is 0 Å². The first-order valence-corrected chi connectivity index (χ1v) is 5.04. The number of nitrogens with one attached hydrogen (secondary N) is 2. The van der Waals surface area contributed by atoms with Gasteiger partial charge >= 0.3 is 6.18 Å². The van der Waals surface area contributed by atoms with Gasteiger partial charge in [-0.25, -0.2) is 0 Å². The van der Waals surface area contributed by atoms with Crippen LogP contribution in [0.1, 0.15) is 25.7 Å². The molecule has 1 aliphatic rings. The molecule has 0 aromatic carbocycles. The molecule has 0 spiro atoms. The molecule has 0 bridgehead atoms. The van der Waals surface area contributed by atoms with Crippen molar-refractivity contribution >= 4 is 5.91 Å². The molecular weight excluding hydrogens is 209 g/mol. The topological polar surface area (TPSA) is 41.1 Å². The Morgan fingerprint density at radius 2 is 2.13 bits per heavy atom. The Morgan fingerprint density at radius 1 is 1.40 bits per heavy atom. The zero-order valence-corrected chi connectivity index (χ0v) is 8.36. The Labute approximate surface area is 86.4 Å². The van der Waals surface area contributed by atoms with E-state index in [0.717, 1.165) is 25.8 Å². The van der Waals surface area contributed by atoms with Crippen LogP contribution in [-0.2, 0) is 4.79 Å². The molecule has 2 N–H and O–H groups in total. The van der Waals surface area contributed by atoms with Crippen molar-refractivity contribution in [3.05, 3.63) is 0 Å². The SMILES string of the molecule is O=C(CC(F)(F)F)NC1CCCCNC1. The van der Waals surface area contributed by atoms with Crippen molar-refractivity contribution in [2.45, 2.75) is 37.9 Å². The predicted molar refractivity (Wildman–Crippen MR) is 49.3 cm³/mol. The maximum Gasteiger partial charge on any atom is 0.397 e. The molecule has 0 aliphatic carbocycles. The van der Waals surface area contributed by atoms with Gasteiger partial charge in [-0.05, 0) is 19.4 Å². The largest absolute Gasteiger partial charge is 0.397 e. The summed E-state index contributed by atoms with van der Waals surface area (Å²) in [6.07, 6.45) is -3.11. The summed E-state index contributed by atoms with van der Waals surface area (Å²) in [5.74, 6) is -0.934. The predicted octanol–water partition coefficient (Wildman–Crippen LogP) is 1.20. The maximum atomic E-state index is 11.9. The van der Waals surface area contributed by atoms with Crippen molar-refractivity contribution in [1.29, 1.82) is 0 Å². The van der Waals surface area contributed by atoms with Crippen molar-refractivity contribution in [2.75, 3.05) is 13.1 Å². The van der Waals surface area contributed by atoms with Crippen LogP contribution in [0, 0.1) is 0 Å². The number of alkyl halides is 3. The van der Waals surface area contributed by atoms with E-state index < -0.39 is 18.5 Å². The van der Waals surface area contributed by atoms with E-state index in [1.807, 2.05) is 0 Å². The lowest BCUT2D eigenvalue weighted by Gasteiger charge is -2.16. The molecule has 1 saturated heterocycles. The average Bonchev–Trinajstić information content (AvgIpc) is 2.28. The number of amides is 1. The second kappa shape index (κ2) is 5.34. The molecule has 0 aromatic heterocycles. The third kappa shape index (κ3) is 5.61. The zero-order valence-electron chi connectivity index (χ0n) is 8.36. The van der Waals surface area contributed by atoms with E-state index >= 15 is 0 Å². The lowest BCUT2D eigenvalue weighted by atomic mass is 10.1. The standard InChI is InChI=1S/C9H15F3N2O/c10-9(11,12)5-8(15)14-7-3-1-2-4-13-6-7/h7,13H,1-6H2,(H,14,15). The number of hydrogen-bond acceptors (Lipinski definition) is 2. The minimum atomic E-state index is -4.41. The summed E-state index contributed by atoms with van der Waals surface area (Å²) >= 11 is 0. The fourth-order valence-electron chi connectivity index (χ4n) is 1.60. The highest BCUT2D eigenvalue weighted by molar-refractivity contribution is 5.76. The highest BCUT2D eigenvalue weighted by Gasteiger charge is 2.31. The molecule has 1 amide bonds. The number of carbonyl (C=O) groups excluding carboxylic acids is 1. The van der Waals surface area contributed by atoms with Crippen LogP contribution in [0.5, 0.6) is 0 Å². The van der Waals surface area contributed by atoms with Gasteiger partial charge in [0.1, 0.15) is 6.42 Å². The van der Waals surface area contributed by atoms with Gasteiger partial charge in [0.05, 0.1) is 0 Å². The second-order valence-corrected chi connectivity index (χ2v) is 3.76. The number of hydrogen-bond donors (Lipinski definition) is 2. The van der Waals surface area contributed by atoms with E-state index in [9.17, 15) is 18.0 Å². The number of halogens is 3. The Hall–Kier alpha value is -0.780. The highest BCUT2D eigenvalue weighted by Crippen LogP contribution is 2.19. The second-order valence-electron chi connectivity index (χ2n) is 3.76. The monoisotopic (exact) mass is 224 g/mol.